The number of halogens is 1. The van der Waals surface area contributed by atoms with Gasteiger partial charge >= 0.3 is 0 Å². The van der Waals surface area contributed by atoms with Gasteiger partial charge in [0.2, 0.25) is 0 Å². The minimum atomic E-state index is -1.48. The van der Waals surface area contributed by atoms with Crippen LogP contribution in [0.4, 0.5) is 0 Å². The molecule has 27 heavy (non-hydrogen) atoms. The van der Waals surface area contributed by atoms with Crippen LogP contribution in [0.5, 0.6) is 0 Å². The maximum absolute atomic E-state index is 4.23. The zero-order chi connectivity index (χ0) is 18.8. The summed E-state index contributed by atoms with van der Waals surface area (Å²) in [5.74, 6) is 3.57. The summed E-state index contributed by atoms with van der Waals surface area (Å²) < 4.78 is 0. The second-order valence-electron chi connectivity index (χ2n) is 10.4. The lowest BCUT2D eigenvalue weighted by Crippen LogP contribution is -2.53. The highest BCUT2D eigenvalue weighted by atomic mass is 79.9. The van der Waals surface area contributed by atoms with Gasteiger partial charge in [0, 0.05) is 10.9 Å². The molecule has 0 spiro atoms. The fourth-order valence-corrected chi connectivity index (χ4v) is 13.4. The van der Waals surface area contributed by atoms with Crippen LogP contribution in [-0.2, 0) is 6.42 Å². The van der Waals surface area contributed by atoms with Crippen molar-refractivity contribution in [3.8, 4) is 0 Å². The molecular formula is C24H34BrNSi. The molecule has 146 valence electrons. The lowest BCUT2D eigenvalue weighted by Gasteiger charge is -2.49. The molecule has 1 saturated heterocycles. The molecule has 3 fully saturated rings. The maximum Gasteiger partial charge on any atom is 0.0795 e. The quantitative estimate of drug-likeness (QED) is 0.432. The van der Waals surface area contributed by atoms with Gasteiger partial charge in [0.25, 0.3) is 0 Å². The summed E-state index contributed by atoms with van der Waals surface area (Å²) in [6.45, 7) is 9.20. The number of fused-ring (bicyclic) bond motifs is 3. The Morgan fingerprint density at radius 1 is 1.07 bits per heavy atom. The van der Waals surface area contributed by atoms with E-state index >= 15 is 0 Å². The van der Waals surface area contributed by atoms with Crippen molar-refractivity contribution in [2.24, 2.45) is 23.7 Å². The van der Waals surface area contributed by atoms with Gasteiger partial charge in [-0.3, -0.25) is 0 Å². The normalized spacial score (nSPS) is 40.9. The van der Waals surface area contributed by atoms with E-state index in [0.717, 1.165) is 40.1 Å². The number of hydrogen-bond donors (Lipinski definition) is 1. The highest BCUT2D eigenvalue weighted by molar-refractivity contribution is 9.09. The van der Waals surface area contributed by atoms with Crippen molar-refractivity contribution in [1.82, 2.24) is 5.32 Å². The first-order chi connectivity index (χ1) is 13.0. The number of benzene rings is 1. The van der Waals surface area contributed by atoms with E-state index in [1.165, 1.54) is 44.2 Å². The molecule has 1 aromatic rings. The molecule has 5 rings (SSSR count). The lowest BCUT2D eigenvalue weighted by atomic mass is 9.70. The molecule has 0 bridgehead atoms. The molecule has 7 unspecified atom stereocenters. The summed E-state index contributed by atoms with van der Waals surface area (Å²) in [5, 5.41) is 5.72. The first-order valence-corrected chi connectivity index (χ1v) is 15.1. The zero-order valence-electron chi connectivity index (χ0n) is 17.0. The van der Waals surface area contributed by atoms with E-state index in [0.29, 0.717) is 0 Å². The molecule has 4 aliphatic rings. The van der Waals surface area contributed by atoms with Gasteiger partial charge in [-0.05, 0) is 79.0 Å². The Hall–Kier alpha value is -0.383. The van der Waals surface area contributed by atoms with E-state index in [4.69, 9.17) is 0 Å². The third-order valence-corrected chi connectivity index (χ3v) is 14.7. The van der Waals surface area contributed by atoms with Crippen molar-refractivity contribution < 1.29 is 0 Å². The Labute approximate surface area is 174 Å². The fourth-order valence-electron chi connectivity index (χ4n) is 7.51. The third kappa shape index (κ3) is 2.95. The smallest absolute Gasteiger partial charge is 0.0795 e. The molecule has 1 aliphatic heterocycles. The van der Waals surface area contributed by atoms with Crippen LogP contribution in [-0.4, -0.2) is 25.5 Å². The number of hydrogen-bond acceptors (Lipinski definition) is 1. The van der Waals surface area contributed by atoms with Gasteiger partial charge in [-0.2, -0.15) is 0 Å². The first-order valence-electron chi connectivity index (χ1n) is 11.1. The van der Waals surface area contributed by atoms with Crippen LogP contribution in [0.15, 0.2) is 29.5 Å². The number of allylic oxidation sites excluding steroid dienone is 1. The van der Waals surface area contributed by atoms with Crippen molar-refractivity contribution in [2.45, 2.75) is 68.5 Å². The molecule has 2 saturated carbocycles. The van der Waals surface area contributed by atoms with Crippen molar-refractivity contribution in [3.05, 3.63) is 40.6 Å². The molecule has 1 N–H and O–H groups in total. The Morgan fingerprint density at radius 3 is 2.70 bits per heavy atom. The summed E-state index contributed by atoms with van der Waals surface area (Å²) in [6, 6.07) is 9.84. The van der Waals surface area contributed by atoms with E-state index in [1.807, 2.05) is 5.20 Å². The summed E-state index contributed by atoms with van der Waals surface area (Å²) in [5.41, 5.74) is 3.99. The third-order valence-electron chi connectivity index (χ3n) is 8.68. The van der Waals surface area contributed by atoms with Gasteiger partial charge in [0.1, 0.15) is 0 Å². The van der Waals surface area contributed by atoms with E-state index in [2.05, 4.69) is 71.6 Å². The van der Waals surface area contributed by atoms with Crippen LogP contribution in [0.3, 0.4) is 0 Å². The average molecular weight is 445 g/mol. The minimum Gasteiger partial charge on any atom is -0.314 e. The Balaban J connectivity index is 1.44. The largest absolute Gasteiger partial charge is 0.314 e. The Morgan fingerprint density at radius 2 is 1.89 bits per heavy atom. The molecule has 1 nitrogen and oxygen atoms in total. The number of rotatable bonds is 2. The minimum absolute atomic E-state index is 0.737. The van der Waals surface area contributed by atoms with E-state index in [9.17, 15) is 0 Å². The topological polar surface area (TPSA) is 12.0 Å². The number of piperidine rings is 1. The van der Waals surface area contributed by atoms with Gasteiger partial charge in [0.05, 0.1) is 8.07 Å². The molecule has 1 heterocycles. The molecule has 3 heteroatoms. The van der Waals surface area contributed by atoms with E-state index in [-0.39, 0.29) is 0 Å². The molecule has 1 aromatic carbocycles. The van der Waals surface area contributed by atoms with E-state index in [1.54, 1.807) is 5.56 Å². The van der Waals surface area contributed by atoms with Crippen LogP contribution in [0.25, 0.3) is 6.08 Å². The summed E-state index contributed by atoms with van der Waals surface area (Å²) in [6.07, 6.45) is 9.48. The molecule has 7 atom stereocenters. The van der Waals surface area contributed by atoms with Crippen LogP contribution in [0, 0.1) is 23.7 Å². The highest BCUT2D eigenvalue weighted by Crippen LogP contribution is 2.60. The van der Waals surface area contributed by atoms with Gasteiger partial charge in [-0.15, -0.1) is 0 Å². The number of alkyl halides is 1. The van der Waals surface area contributed by atoms with Crippen LogP contribution >= 0.6 is 15.9 Å². The second-order valence-corrected chi connectivity index (χ2v) is 16.2. The Kier molecular flexibility index (Phi) is 4.72. The second kappa shape index (κ2) is 6.85. The molecule has 0 aromatic heterocycles. The van der Waals surface area contributed by atoms with Crippen LogP contribution in [0.1, 0.15) is 43.7 Å². The zero-order valence-corrected chi connectivity index (χ0v) is 19.6. The van der Waals surface area contributed by atoms with Crippen molar-refractivity contribution in [1.29, 1.82) is 0 Å². The van der Waals surface area contributed by atoms with Crippen molar-refractivity contribution >= 4 is 30.1 Å². The standard InChI is InChI=1S/C24H34BrNSi/c1-15-11-20-21(14-22-19(23(20)25)9-6-10-26-22)24(15)27(2,3)18-12-16-7-4-5-8-17(16)13-18/h4-5,7-8,12,15,19-24,26H,6,9-11,13-14H2,1-3H3. The van der Waals surface area contributed by atoms with Crippen LogP contribution < -0.4 is 5.32 Å². The average Bonchev–Trinajstić information content (AvgIpc) is 3.23. The molecule has 3 aliphatic carbocycles. The molecular weight excluding hydrogens is 410 g/mol. The fraction of sp³-hybridized carbons (Fsp3) is 0.667. The summed E-state index contributed by atoms with van der Waals surface area (Å²) >= 11 is 4.23. The van der Waals surface area contributed by atoms with Gasteiger partial charge in [0.15, 0.2) is 0 Å². The van der Waals surface area contributed by atoms with Crippen molar-refractivity contribution in [2.75, 3.05) is 6.54 Å². The Bertz CT molecular complexity index is 757. The summed E-state index contributed by atoms with van der Waals surface area (Å²) in [4.78, 5) is 0.737. The van der Waals surface area contributed by atoms with E-state index < -0.39 is 8.07 Å². The predicted octanol–water partition coefficient (Wildman–Crippen LogP) is 6.05. The summed E-state index contributed by atoms with van der Waals surface area (Å²) in [7, 11) is -1.48. The monoisotopic (exact) mass is 443 g/mol. The molecule has 0 radical (unpaired) electrons. The van der Waals surface area contributed by atoms with Crippen LogP contribution in [0.2, 0.25) is 18.6 Å². The number of nitrogens with one attached hydrogen (secondary N) is 1. The lowest BCUT2D eigenvalue weighted by molar-refractivity contribution is 0.138. The van der Waals surface area contributed by atoms with Gasteiger partial charge in [-0.25, -0.2) is 0 Å². The predicted molar refractivity (Wildman–Crippen MR) is 122 cm³/mol. The maximum atomic E-state index is 4.23. The highest BCUT2D eigenvalue weighted by Gasteiger charge is 2.56. The first kappa shape index (κ1) is 18.6. The molecule has 0 amide bonds. The van der Waals surface area contributed by atoms with Gasteiger partial charge in [-0.1, -0.05) is 71.5 Å². The van der Waals surface area contributed by atoms with Gasteiger partial charge < -0.3 is 5.32 Å². The van der Waals surface area contributed by atoms with Crippen molar-refractivity contribution in [3.63, 3.8) is 0 Å². The SMILES string of the molecule is CC1CC2C(Br)C3CCCNC3CC2C1[Si](C)(C)C1=Cc2ccccc2C1.